The van der Waals surface area contributed by atoms with Gasteiger partial charge in [0.1, 0.15) is 17.6 Å². The van der Waals surface area contributed by atoms with Crippen molar-refractivity contribution in [3.8, 4) is 5.75 Å². The second-order valence-electron chi connectivity index (χ2n) is 7.49. The Labute approximate surface area is 189 Å². The van der Waals surface area contributed by atoms with Crippen LogP contribution in [-0.4, -0.2) is 35.0 Å². The van der Waals surface area contributed by atoms with Crippen molar-refractivity contribution >= 4 is 33.4 Å². The van der Waals surface area contributed by atoms with Gasteiger partial charge in [-0.3, -0.25) is 9.59 Å². The molecule has 8 heteroatoms. The van der Waals surface area contributed by atoms with E-state index in [1.165, 1.54) is 0 Å². The maximum Gasteiger partial charge on any atom is 0.227 e. The molecule has 1 aliphatic heterocycles. The van der Waals surface area contributed by atoms with Crippen LogP contribution in [0.4, 0.5) is 5.69 Å². The molecule has 1 fully saturated rings. The number of ether oxygens (including phenoxy) is 1. The molecule has 0 aliphatic carbocycles. The number of carbonyl (C=O) groups excluding carboxylic acids is 2. The van der Waals surface area contributed by atoms with Crippen LogP contribution in [0.3, 0.4) is 0 Å². The molecule has 0 bridgehead atoms. The molecule has 0 saturated carbocycles. The van der Waals surface area contributed by atoms with Gasteiger partial charge in [0.25, 0.3) is 0 Å². The monoisotopic (exact) mass is 482 g/mol. The smallest absolute Gasteiger partial charge is 0.227 e. The van der Waals surface area contributed by atoms with Crippen molar-refractivity contribution in [2.24, 2.45) is 13.0 Å². The van der Waals surface area contributed by atoms with Gasteiger partial charge in [-0.05, 0) is 42.0 Å². The van der Waals surface area contributed by atoms with Crippen molar-refractivity contribution < 1.29 is 14.3 Å². The van der Waals surface area contributed by atoms with Crippen molar-refractivity contribution in [1.29, 1.82) is 0 Å². The quantitative estimate of drug-likeness (QED) is 0.583. The molecular formula is C23H23BrN4O3. The summed E-state index contributed by atoms with van der Waals surface area (Å²) in [6.07, 6.45) is 3.72. The van der Waals surface area contributed by atoms with Crippen molar-refractivity contribution in [3.05, 3.63) is 76.8 Å². The van der Waals surface area contributed by atoms with E-state index in [0.29, 0.717) is 12.4 Å². The highest BCUT2D eigenvalue weighted by Crippen LogP contribution is 2.28. The van der Waals surface area contributed by atoms with Crippen LogP contribution in [0.2, 0.25) is 0 Å². The molecule has 31 heavy (non-hydrogen) atoms. The molecule has 2 amide bonds. The molecular weight excluding hydrogens is 460 g/mol. The third-order valence-electron chi connectivity index (χ3n) is 5.49. The Morgan fingerprint density at radius 3 is 2.52 bits per heavy atom. The molecule has 2 unspecified atom stereocenters. The number of amides is 2. The summed E-state index contributed by atoms with van der Waals surface area (Å²) in [5.74, 6) is 0.794. The van der Waals surface area contributed by atoms with E-state index in [-0.39, 0.29) is 18.2 Å². The van der Waals surface area contributed by atoms with Gasteiger partial charge in [0.05, 0.1) is 13.0 Å². The lowest BCUT2D eigenvalue weighted by molar-refractivity contribution is -0.126. The van der Waals surface area contributed by atoms with Crippen LogP contribution < -0.4 is 15.0 Å². The Morgan fingerprint density at radius 1 is 1.19 bits per heavy atom. The molecule has 0 spiro atoms. The zero-order chi connectivity index (χ0) is 22.0. The molecule has 0 radical (unpaired) electrons. The minimum atomic E-state index is -0.435. The van der Waals surface area contributed by atoms with Gasteiger partial charge in [0, 0.05) is 42.6 Å². The molecule has 2 aromatic carbocycles. The van der Waals surface area contributed by atoms with Crippen LogP contribution in [0.25, 0.3) is 0 Å². The summed E-state index contributed by atoms with van der Waals surface area (Å²) in [6.45, 7) is 0.349. The summed E-state index contributed by atoms with van der Waals surface area (Å²) in [7, 11) is 3.50. The highest BCUT2D eigenvalue weighted by atomic mass is 79.9. The second kappa shape index (κ2) is 8.93. The van der Waals surface area contributed by atoms with Gasteiger partial charge in [0.15, 0.2) is 0 Å². The number of anilines is 1. The van der Waals surface area contributed by atoms with Gasteiger partial charge in [-0.25, -0.2) is 4.98 Å². The van der Waals surface area contributed by atoms with E-state index in [0.717, 1.165) is 21.5 Å². The first-order chi connectivity index (χ1) is 15.0. The van der Waals surface area contributed by atoms with E-state index in [4.69, 9.17) is 4.74 Å². The van der Waals surface area contributed by atoms with E-state index in [1.807, 2.05) is 66.3 Å². The number of halogens is 1. The topological polar surface area (TPSA) is 76.5 Å². The van der Waals surface area contributed by atoms with Crippen LogP contribution in [0.5, 0.6) is 5.75 Å². The second-order valence-corrected chi connectivity index (χ2v) is 8.41. The molecule has 1 aliphatic rings. The number of hydrogen-bond acceptors (Lipinski definition) is 4. The Balaban J connectivity index is 1.54. The molecule has 1 aromatic heterocycles. The number of benzene rings is 2. The minimum absolute atomic E-state index is 0.0551. The molecule has 1 N–H and O–H groups in total. The van der Waals surface area contributed by atoms with E-state index in [2.05, 4.69) is 26.2 Å². The summed E-state index contributed by atoms with van der Waals surface area (Å²) >= 11 is 3.40. The molecule has 160 valence electrons. The Bertz CT molecular complexity index is 1080. The van der Waals surface area contributed by atoms with Crippen LogP contribution >= 0.6 is 15.9 Å². The van der Waals surface area contributed by atoms with Gasteiger partial charge in [-0.1, -0.05) is 28.1 Å². The van der Waals surface area contributed by atoms with Gasteiger partial charge < -0.3 is 19.5 Å². The first kappa shape index (κ1) is 21.1. The SMILES string of the molecule is COc1ccc(C(NC(=O)C2CC(=O)N(c3ccc(Br)cc3)C2)c2nccn2C)cc1. The highest BCUT2D eigenvalue weighted by Gasteiger charge is 2.36. The zero-order valence-corrected chi connectivity index (χ0v) is 18.9. The fourth-order valence-corrected chi connectivity index (χ4v) is 4.03. The number of carbonyl (C=O) groups is 2. The highest BCUT2D eigenvalue weighted by molar-refractivity contribution is 9.10. The lowest BCUT2D eigenvalue weighted by Gasteiger charge is -2.22. The Kier molecular flexibility index (Phi) is 6.08. The number of aryl methyl sites for hydroxylation is 1. The van der Waals surface area contributed by atoms with Gasteiger partial charge >= 0.3 is 0 Å². The fraction of sp³-hybridized carbons (Fsp3) is 0.261. The zero-order valence-electron chi connectivity index (χ0n) is 17.3. The van der Waals surface area contributed by atoms with Gasteiger partial charge in [-0.15, -0.1) is 0 Å². The van der Waals surface area contributed by atoms with E-state index in [9.17, 15) is 9.59 Å². The third kappa shape index (κ3) is 4.49. The van der Waals surface area contributed by atoms with Crippen molar-refractivity contribution in [2.75, 3.05) is 18.6 Å². The summed E-state index contributed by atoms with van der Waals surface area (Å²) < 4.78 is 8.06. The number of hydrogen-bond donors (Lipinski definition) is 1. The van der Waals surface area contributed by atoms with E-state index in [1.54, 1.807) is 18.2 Å². The Hall–Kier alpha value is -3.13. The molecule has 3 aromatic rings. The predicted octanol–water partition coefficient (Wildman–Crippen LogP) is 3.45. The van der Waals surface area contributed by atoms with Crippen molar-refractivity contribution in [3.63, 3.8) is 0 Å². The lowest BCUT2D eigenvalue weighted by Crippen LogP contribution is -2.37. The molecule has 1 saturated heterocycles. The normalized spacial score (nSPS) is 16.9. The molecule has 4 rings (SSSR count). The lowest BCUT2D eigenvalue weighted by atomic mass is 10.0. The number of nitrogens with zero attached hydrogens (tertiary/aromatic N) is 3. The van der Waals surface area contributed by atoms with Crippen molar-refractivity contribution in [2.45, 2.75) is 12.5 Å². The van der Waals surface area contributed by atoms with Gasteiger partial charge in [0.2, 0.25) is 11.8 Å². The van der Waals surface area contributed by atoms with Crippen LogP contribution in [0.1, 0.15) is 23.9 Å². The molecule has 7 nitrogen and oxygen atoms in total. The molecule has 2 atom stereocenters. The number of nitrogens with one attached hydrogen (secondary N) is 1. The number of imidazole rings is 1. The van der Waals surface area contributed by atoms with Crippen LogP contribution in [0.15, 0.2) is 65.4 Å². The summed E-state index contributed by atoms with van der Waals surface area (Å²) in [4.78, 5) is 31.9. The van der Waals surface area contributed by atoms with Crippen molar-refractivity contribution in [1.82, 2.24) is 14.9 Å². The maximum absolute atomic E-state index is 13.2. The van der Waals surface area contributed by atoms with Gasteiger partial charge in [-0.2, -0.15) is 0 Å². The maximum atomic E-state index is 13.2. The average Bonchev–Trinajstić information content (AvgIpc) is 3.38. The Morgan fingerprint density at radius 2 is 1.90 bits per heavy atom. The number of rotatable bonds is 6. The third-order valence-corrected chi connectivity index (χ3v) is 6.02. The standard InChI is InChI=1S/C23H23BrN4O3/c1-27-12-11-25-22(27)21(15-3-9-19(31-2)10-4-15)26-23(30)16-13-20(29)28(14-16)18-7-5-17(24)6-8-18/h3-12,16,21H,13-14H2,1-2H3,(H,26,30). The average molecular weight is 483 g/mol. The fourth-order valence-electron chi connectivity index (χ4n) is 3.76. The summed E-state index contributed by atoms with van der Waals surface area (Å²) in [6, 6.07) is 14.6. The van der Waals surface area contributed by atoms with Crippen LogP contribution in [-0.2, 0) is 16.6 Å². The first-order valence-electron chi connectivity index (χ1n) is 9.93. The van der Waals surface area contributed by atoms with E-state index >= 15 is 0 Å². The number of aromatic nitrogens is 2. The molecule has 2 heterocycles. The number of methoxy groups -OCH3 is 1. The minimum Gasteiger partial charge on any atom is -0.497 e. The first-order valence-corrected chi connectivity index (χ1v) is 10.7. The van der Waals surface area contributed by atoms with Crippen LogP contribution in [0, 0.1) is 5.92 Å². The predicted molar refractivity (Wildman–Crippen MR) is 121 cm³/mol. The summed E-state index contributed by atoms with van der Waals surface area (Å²) in [5.41, 5.74) is 1.68. The largest absolute Gasteiger partial charge is 0.497 e. The summed E-state index contributed by atoms with van der Waals surface area (Å²) in [5, 5.41) is 3.11. The van der Waals surface area contributed by atoms with E-state index < -0.39 is 12.0 Å².